The van der Waals surface area contributed by atoms with Crippen molar-refractivity contribution in [2.24, 2.45) is 0 Å². The summed E-state index contributed by atoms with van der Waals surface area (Å²) in [6.07, 6.45) is 3.35. The summed E-state index contributed by atoms with van der Waals surface area (Å²) in [5.41, 5.74) is 1.17. The van der Waals surface area contributed by atoms with Crippen molar-refractivity contribution in [3.8, 4) is 0 Å². The van der Waals surface area contributed by atoms with Crippen molar-refractivity contribution in [1.29, 1.82) is 0 Å². The molecule has 0 saturated carbocycles. The number of nitrogens with one attached hydrogen (secondary N) is 1. The normalized spacial score (nSPS) is 12.3. The zero-order chi connectivity index (χ0) is 14.4. The number of aromatic nitrogens is 2. The van der Waals surface area contributed by atoms with Gasteiger partial charge in [-0.2, -0.15) is 0 Å². The predicted octanol–water partition coefficient (Wildman–Crippen LogP) is 2.96. The van der Waals surface area contributed by atoms with E-state index < -0.39 is 10.8 Å². The average molecular weight is 330 g/mol. The molecule has 1 heterocycles. The fraction of sp³-hybridized carbons (Fsp3) is 0.385. The Morgan fingerprint density at radius 1 is 1.30 bits per heavy atom. The van der Waals surface area contributed by atoms with Crippen molar-refractivity contribution in [2.75, 3.05) is 23.9 Å². The molecular weight excluding hydrogens is 314 g/mol. The van der Waals surface area contributed by atoms with E-state index >= 15 is 0 Å². The van der Waals surface area contributed by atoms with E-state index in [0.29, 0.717) is 5.75 Å². The minimum Gasteiger partial charge on any atom is -0.360 e. The van der Waals surface area contributed by atoms with Gasteiger partial charge in [0.25, 0.3) is 0 Å². The van der Waals surface area contributed by atoms with Crippen LogP contribution < -0.4 is 5.32 Å². The first-order valence-corrected chi connectivity index (χ1v) is 9.16. The smallest absolute Gasteiger partial charge is 0.205 e. The van der Waals surface area contributed by atoms with Crippen LogP contribution in [-0.2, 0) is 17.2 Å². The zero-order valence-electron chi connectivity index (χ0n) is 11.1. The molecule has 1 aromatic carbocycles. The van der Waals surface area contributed by atoms with Gasteiger partial charge in [-0.05, 0) is 24.1 Å². The van der Waals surface area contributed by atoms with E-state index in [9.17, 15) is 4.21 Å². The Balaban J connectivity index is 1.82. The first-order chi connectivity index (χ1) is 9.63. The molecule has 20 heavy (non-hydrogen) atoms. The van der Waals surface area contributed by atoms with Crippen molar-refractivity contribution < 1.29 is 4.21 Å². The van der Waals surface area contributed by atoms with Crippen LogP contribution in [0.1, 0.15) is 17.0 Å². The summed E-state index contributed by atoms with van der Waals surface area (Å²) < 4.78 is 10.9. The zero-order valence-corrected chi connectivity index (χ0v) is 13.5. The van der Waals surface area contributed by atoms with E-state index in [0.717, 1.165) is 34.5 Å². The molecule has 2 rings (SSSR count). The SMILES string of the molecule is CS(=O)CCCNc1nnc(Cc2ccc(Cl)cc2)s1. The molecule has 1 unspecified atom stereocenters. The van der Waals surface area contributed by atoms with Gasteiger partial charge in [-0.25, -0.2) is 0 Å². The second-order valence-corrected chi connectivity index (χ2v) is 7.41. The first-order valence-electron chi connectivity index (χ1n) is 6.24. The highest BCUT2D eigenvalue weighted by atomic mass is 35.5. The van der Waals surface area contributed by atoms with E-state index in [1.165, 1.54) is 5.56 Å². The van der Waals surface area contributed by atoms with Crippen molar-refractivity contribution >= 4 is 38.9 Å². The van der Waals surface area contributed by atoms with Crippen LogP contribution in [0, 0.1) is 0 Å². The quantitative estimate of drug-likeness (QED) is 0.793. The summed E-state index contributed by atoms with van der Waals surface area (Å²) in [5.74, 6) is 0.712. The predicted molar refractivity (Wildman–Crippen MR) is 86.2 cm³/mol. The number of benzene rings is 1. The van der Waals surface area contributed by atoms with Crippen molar-refractivity contribution in [2.45, 2.75) is 12.8 Å². The Bertz CT molecular complexity index is 571. The Morgan fingerprint density at radius 3 is 2.75 bits per heavy atom. The minimum atomic E-state index is -0.730. The number of anilines is 1. The molecular formula is C13H16ClN3OS2. The van der Waals surface area contributed by atoms with Gasteiger partial charge in [-0.3, -0.25) is 4.21 Å². The summed E-state index contributed by atoms with van der Waals surface area (Å²) in [6, 6.07) is 7.74. The van der Waals surface area contributed by atoms with Crippen molar-refractivity contribution in [3.63, 3.8) is 0 Å². The molecule has 1 aromatic heterocycles. The van der Waals surface area contributed by atoms with E-state index in [4.69, 9.17) is 11.6 Å². The topological polar surface area (TPSA) is 54.9 Å². The fourth-order valence-electron chi connectivity index (χ4n) is 1.64. The molecule has 0 aliphatic rings. The van der Waals surface area contributed by atoms with Gasteiger partial charge in [-0.1, -0.05) is 35.1 Å². The number of hydrogen-bond acceptors (Lipinski definition) is 5. The second-order valence-electron chi connectivity index (χ2n) is 4.36. The van der Waals surface area contributed by atoms with Gasteiger partial charge in [0.2, 0.25) is 5.13 Å². The van der Waals surface area contributed by atoms with Crippen molar-refractivity contribution in [1.82, 2.24) is 10.2 Å². The molecule has 1 N–H and O–H groups in total. The molecule has 2 aromatic rings. The highest BCUT2D eigenvalue weighted by Crippen LogP contribution is 2.19. The van der Waals surface area contributed by atoms with Gasteiger partial charge >= 0.3 is 0 Å². The third-order valence-corrected chi connectivity index (χ3v) is 4.62. The largest absolute Gasteiger partial charge is 0.360 e. The Labute approximate surface area is 130 Å². The molecule has 0 aliphatic heterocycles. The lowest BCUT2D eigenvalue weighted by Gasteiger charge is -1.99. The number of nitrogens with zero attached hydrogens (tertiary/aromatic N) is 2. The molecule has 108 valence electrons. The first kappa shape index (κ1) is 15.4. The van der Waals surface area contributed by atoms with Crippen LogP contribution in [0.5, 0.6) is 0 Å². The standard InChI is InChI=1S/C13H16ClN3OS2/c1-20(18)8-2-7-15-13-17-16-12(19-13)9-10-3-5-11(14)6-4-10/h3-6H,2,7-9H2,1H3,(H,15,17). The molecule has 0 amide bonds. The Kier molecular flexibility index (Phi) is 5.94. The lowest BCUT2D eigenvalue weighted by Crippen LogP contribution is -2.05. The fourth-order valence-corrected chi connectivity index (χ4v) is 3.12. The molecule has 0 saturated heterocycles. The van der Waals surface area contributed by atoms with E-state index in [1.54, 1.807) is 17.6 Å². The average Bonchev–Trinajstić information content (AvgIpc) is 2.85. The van der Waals surface area contributed by atoms with Gasteiger partial charge in [0.05, 0.1) is 0 Å². The van der Waals surface area contributed by atoms with Gasteiger partial charge in [0.1, 0.15) is 5.01 Å². The third kappa shape index (κ3) is 5.19. The molecule has 1 atom stereocenters. The summed E-state index contributed by atoms with van der Waals surface area (Å²) in [5, 5.41) is 14.0. The molecule has 7 heteroatoms. The number of halogens is 1. The molecule has 0 aliphatic carbocycles. The van der Waals surface area contributed by atoms with Crippen LogP contribution >= 0.6 is 22.9 Å². The van der Waals surface area contributed by atoms with E-state index in [1.807, 2.05) is 24.3 Å². The highest BCUT2D eigenvalue weighted by molar-refractivity contribution is 7.84. The summed E-state index contributed by atoms with van der Waals surface area (Å²) >= 11 is 7.40. The van der Waals surface area contributed by atoms with Gasteiger partial charge in [0.15, 0.2) is 0 Å². The van der Waals surface area contributed by atoms with Crippen LogP contribution in [0.25, 0.3) is 0 Å². The van der Waals surface area contributed by atoms with Crippen molar-refractivity contribution in [3.05, 3.63) is 39.9 Å². The molecule has 0 spiro atoms. The van der Waals surface area contributed by atoms with Crippen LogP contribution in [0.3, 0.4) is 0 Å². The van der Waals surface area contributed by atoms with Crippen LogP contribution in [-0.4, -0.2) is 33.0 Å². The summed E-state index contributed by atoms with van der Waals surface area (Å²) in [6.45, 7) is 0.773. The van der Waals surface area contributed by atoms with Gasteiger partial charge < -0.3 is 5.32 Å². The van der Waals surface area contributed by atoms with E-state index in [2.05, 4.69) is 15.5 Å². The molecule has 0 bridgehead atoms. The minimum absolute atomic E-state index is 0.712. The monoisotopic (exact) mass is 329 g/mol. The summed E-state index contributed by atoms with van der Waals surface area (Å²) in [7, 11) is -0.730. The van der Waals surface area contributed by atoms with Crippen LogP contribution in [0.4, 0.5) is 5.13 Å². The van der Waals surface area contributed by atoms with Crippen LogP contribution in [0.15, 0.2) is 24.3 Å². The Hall–Kier alpha value is -0.980. The lowest BCUT2D eigenvalue weighted by atomic mass is 10.2. The lowest BCUT2D eigenvalue weighted by molar-refractivity contribution is 0.685. The third-order valence-electron chi connectivity index (χ3n) is 2.62. The molecule has 0 radical (unpaired) electrons. The number of hydrogen-bond donors (Lipinski definition) is 1. The maximum absolute atomic E-state index is 10.9. The molecule has 0 fully saturated rings. The second kappa shape index (κ2) is 7.71. The molecule has 4 nitrogen and oxygen atoms in total. The van der Waals surface area contributed by atoms with E-state index in [-0.39, 0.29) is 0 Å². The Morgan fingerprint density at radius 2 is 2.05 bits per heavy atom. The maximum atomic E-state index is 10.9. The van der Waals surface area contributed by atoms with Gasteiger partial charge in [0, 0.05) is 40.8 Å². The number of rotatable bonds is 7. The van der Waals surface area contributed by atoms with Gasteiger partial charge in [-0.15, -0.1) is 10.2 Å². The highest BCUT2D eigenvalue weighted by Gasteiger charge is 2.05. The maximum Gasteiger partial charge on any atom is 0.205 e. The summed E-state index contributed by atoms with van der Waals surface area (Å²) in [4.78, 5) is 0. The van der Waals surface area contributed by atoms with Crippen LogP contribution in [0.2, 0.25) is 5.02 Å².